The van der Waals surface area contributed by atoms with Crippen LogP contribution in [-0.4, -0.2) is 30.5 Å². The van der Waals surface area contributed by atoms with Crippen LogP contribution in [0.4, 0.5) is 5.69 Å². The number of nitro benzene ring substituents is 1. The van der Waals surface area contributed by atoms with Gasteiger partial charge in [0.1, 0.15) is 5.56 Å². The number of H-pyrrole nitrogens is 1. The van der Waals surface area contributed by atoms with Crippen LogP contribution in [0.15, 0.2) is 34.9 Å². The molecule has 0 aliphatic heterocycles. The molecule has 0 unspecified atom stereocenters. The number of para-hydroxylation sites is 1. The molecule has 3 rings (SSSR count). The van der Waals surface area contributed by atoms with Gasteiger partial charge < -0.3 is 4.42 Å². The van der Waals surface area contributed by atoms with E-state index in [1.54, 1.807) is 12.1 Å². The van der Waals surface area contributed by atoms with Gasteiger partial charge in [0.25, 0.3) is 17.5 Å². The minimum Gasteiger partial charge on any atom is -0.414 e. The highest BCUT2D eigenvalue weighted by Gasteiger charge is 2.20. The highest BCUT2D eigenvalue weighted by atomic mass is 16.6. The number of benzene rings is 1. The molecule has 0 atom stereocenters. The van der Waals surface area contributed by atoms with E-state index in [0.29, 0.717) is 5.69 Å². The molecule has 0 bridgehead atoms. The number of hydrogen-bond donors (Lipinski definition) is 1. The van der Waals surface area contributed by atoms with Crippen LogP contribution in [0.5, 0.6) is 0 Å². The Morgan fingerprint density at radius 1 is 1.21 bits per heavy atom. The van der Waals surface area contributed by atoms with Crippen LogP contribution in [0.25, 0.3) is 23.0 Å². The lowest BCUT2D eigenvalue weighted by atomic mass is 10.2. The zero-order chi connectivity index (χ0) is 13.2. The summed E-state index contributed by atoms with van der Waals surface area (Å²) in [4.78, 5) is 10.4. The summed E-state index contributed by atoms with van der Waals surface area (Å²) in [5.41, 5.74) is 0.532. The molecule has 0 aliphatic rings. The number of hydrogen-bond acceptors (Lipinski definition) is 7. The van der Waals surface area contributed by atoms with E-state index in [2.05, 4.69) is 25.6 Å². The second kappa shape index (κ2) is 4.29. The maximum atomic E-state index is 10.9. The lowest BCUT2D eigenvalue weighted by molar-refractivity contribution is -0.384. The summed E-state index contributed by atoms with van der Waals surface area (Å²) in [6.07, 6.45) is 1.41. The smallest absolute Gasteiger partial charge is 0.282 e. The predicted octanol–water partition coefficient (Wildman–Crippen LogP) is 1.43. The second-order valence-corrected chi connectivity index (χ2v) is 3.54. The highest BCUT2D eigenvalue weighted by Crippen LogP contribution is 2.29. The fraction of sp³-hybridized carbons (Fsp3) is 0. The molecule has 19 heavy (non-hydrogen) atoms. The summed E-state index contributed by atoms with van der Waals surface area (Å²) < 4.78 is 5.36. The summed E-state index contributed by atoms with van der Waals surface area (Å²) in [5.74, 6) is 0.201. The molecule has 0 radical (unpaired) electrons. The Morgan fingerprint density at radius 3 is 2.74 bits per heavy atom. The van der Waals surface area contributed by atoms with E-state index < -0.39 is 4.92 Å². The molecule has 3 aromatic rings. The van der Waals surface area contributed by atoms with Crippen LogP contribution < -0.4 is 0 Å². The van der Waals surface area contributed by atoms with E-state index in [1.165, 1.54) is 18.3 Å². The van der Waals surface area contributed by atoms with E-state index in [-0.39, 0.29) is 23.0 Å². The maximum Gasteiger partial charge on any atom is 0.282 e. The van der Waals surface area contributed by atoms with Crippen molar-refractivity contribution in [1.29, 1.82) is 0 Å². The number of nitrogens with one attached hydrogen (secondary N) is 1. The minimum absolute atomic E-state index is 0.0605. The van der Waals surface area contributed by atoms with Gasteiger partial charge in [0, 0.05) is 6.07 Å². The van der Waals surface area contributed by atoms with Gasteiger partial charge in [-0.15, -0.1) is 10.2 Å². The minimum atomic E-state index is -0.505. The topological polar surface area (TPSA) is 124 Å². The molecule has 94 valence electrons. The quantitative estimate of drug-likeness (QED) is 0.556. The fourth-order valence-electron chi connectivity index (χ4n) is 1.55. The molecular formula is C10H6N6O3. The monoisotopic (exact) mass is 258 g/mol. The summed E-state index contributed by atoms with van der Waals surface area (Å²) in [6, 6.07) is 6.13. The largest absolute Gasteiger partial charge is 0.414 e. The lowest BCUT2D eigenvalue weighted by Gasteiger charge is -1.96. The summed E-state index contributed by atoms with van der Waals surface area (Å²) in [5, 5.41) is 28.3. The van der Waals surface area contributed by atoms with Gasteiger partial charge in [-0.05, 0) is 6.07 Å². The molecule has 9 nitrogen and oxygen atoms in total. The third-order valence-electron chi connectivity index (χ3n) is 2.39. The lowest BCUT2D eigenvalue weighted by Crippen LogP contribution is -1.91. The van der Waals surface area contributed by atoms with E-state index in [1.807, 2.05) is 0 Å². The zero-order valence-electron chi connectivity index (χ0n) is 9.35. The van der Waals surface area contributed by atoms with Crippen molar-refractivity contribution in [2.24, 2.45) is 0 Å². The fourth-order valence-corrected chi connectivity index (χ4v) is 1.55. The van der Waals surface area contributed by atoms with Crippen LogP contribution in [0.1, 0.15) is 0 Å². The molecule has 0 amide bonds. The van der Waals surface area contributed by atoms with Crippen LogP contribution >= 0.6 is 0 Å². The van der Waals surface area contributed by atoms with Gasteiger partial charge in [-0.1, -0.05) is 12.1 Å². The third-order valence-corrected chi connectivity index (χ3v) is 2.39. The van der Waals surface area contributed by atoms with Gasteiger partial charge in [-0.25, -0.2) is 0 Å². The first kappa shape index (κ1) is 11.0. The van der Waals surface area contributed by atoms with Gasteiger partial charge >= 0.3 is 0 Å². The number of nitrogens with zero attached hydrogens (tertiary/aromatic N) is 5. The highest BCUT2D eigenvalue weighted by molar-refractivity contribution is 5.67. The molecule has 9 heteroatoms. The van der Waals surface area contributed by atoms with E-state index in [9.17, 15) is 10.1 Å². The first-order valence-electron chi connectivity index (χ1n) is 5.19. The van der Waals surface area contributed by atoms with E-state index >= 15 is 0 Å². The first-order valence-corrected chi connectivity index (χ1v) is 5.19. The third kappa shape index (κ3) is 1.92. The van der Waals surface area contributed by atoms with Crippen molar-refractivity contribution >= 4 is 5.69 Å². The first-order chi connectivity index (χ1) is 9.25. The normalized spacial score (nSPS) is 10.5. The molecule has 0 fully saturated rings. The van der Waals surface area contributed by atoms with Crippen molar-refractivity contribution in [2.75, 3.05) is 0 Å². The Balaban J connectivity index is 2.06. The molecule has 2 aromatic heterocycles. The summed E-state index contributed by atoms with van der Waals surface area (Å²) in [7, 11) is 0. The van der Waals surface area contributed by atoms with Gasteiger partial charge in [-0.3, -0.25) is 10.1 Å². The van der Waals surface area contributed by atoms with Gasteiger partial charge in [0.2, 0.25) is 0 Å². The van der Waals surface area contributed by atoms with Crippen LogP contribution in [0.3, 0.4) is 0 Å². The molecule has 1 aromatic carbocycles. The molecule has 0 saturated heterocycles. The Bertz CT molecular complexity index is 720. The molecule has 0 saturated carbocycles. The Morgan fingerprint density at radius 2 is 2.00 bits per heavy atom. The number of aromatic amines is 1. The van der Waals surface area contributed by atoms with Crippen molar-refractivity contribution in [3.05, 3.63) is 40.6 Å². The van der Waals surface area contributed by atoms with Crippen LogP contribution in [-0.2, 0) is 0 Å². The Kier molecular flexibility index (Phi) is 2.49. The number of aromatic nitrogens is 5. The van der Waals surface area contributed by atoms with E-state index in [4.69, 9.17) is 4.42 Å². The Labute approximate surface area is 105 Å². The van der Waals surface area contributed by atoms with Gasteiger partial charge in [-0.2, -0.15) is 15.4 Å². The van der Waals surface area contributed by atoms with Crippen molar-refractivity contribution in [2.45, 2.75) is 0 Å². The number of nitro groups is 1. The average Bonchev–Trinajstić information content (AvgIpc) is 3.09. The van der Waals surface area contributed by atoms with E-state index in [0.717, 1.165) is 0 Å². The Hall–Kier alpha value is -3.10. The molecule has 1 N–H and O–H groups in total. The summed E-state index contributed by atoms with van der Waals surface area (Å²) >= 11 is 0. The molecule has 0 spiro atoms. The molecule has 2 heterocycles. The van der Waals surface area contributed by atoms with Crippen molar-refractivity contribution < 1.29 is 9.34 Å². The number of rotatable bonds is 3. The molecule has 0 aliphatic carbocycles. The van der Waals surface area contributed by atoms with Crippen molar-refractivity contribution in [3.63, 3.8) is 0 Å². The standard InChI is InChI=1S/C10H6N6O3/c17-16(18)8-4-2-1-3-6(8)9-13-14-10(19-9)7-5-11-15-12-7/h1-5H,(H,11,12,15). The SMILES string of the molecule is O=[N+]([O-])c1ccccc1-c1nnc(-c2cn[nH]n2)o1. The van der Waals surface area contributed by atoms with Crippen LogP contribution in [0.2, 0.25) is 0 Å². The average molecular weight is 258 g/mol. The van der Waals surface area contributed by atoms with Gasteiger partial charge in [0.15, 0.2) is 5.69 Å². The zero-order valence-corrected chi connectivity index (χ0v) is 9.35. The van der Waals surface area contributed by atoms with Crippen LogP contribution in [0, 0.1) is 10.1 Å². The second-order valence-electron chi connectivity index (χ2n) is 3.54. The van der Waals surface area contributed by atoms with Gasteiger partial charge in [0.05, 0.1) is 11.1 Å². The predicted molar refractivity (Wildman–Crippen MR) is 61.8 cm³/mol. The van der Waals surface area contributed by atoms with Crippen molar-refractivity contribution in [3.8, 4) is 23.0 Å². The molecular weight excluding hydrogens is 252 g/mol. The summed E-state index contributed by atoms with van der Waals surface area (Å²) in [6.45, 7) is 0. The maximum absolute atomic E-state index is 10.9. The van der Waals surface area contributed by atoms with Crippen molar-refractivity contribution in [1.82, 2.24) is 25.6 Å².